The van der Waals surface area contributed by atoms with Crippen LogP contribution in [0.2, 0.25) is 0 Å². The van der Waals surface area contributed by atoms with Gasteiger partial charge in [0.2, 0.25) is 5.91 Å². The van der Waals surface area contributed by atoms with Crippen molar-refractivity contribution in [3.8, 4) is 0 Å². The molecule has 0 radical (unpaired) electrons. The summed E-state index contributed by atoms with van der Waals surface area (Å²) < 4.78 is 11.0. The summed E-state index contributed by atoms with van der Waals surface area (Å²) in [4.78, 5) is 45.2. The SMILES string of the molecule is COC(=O)[C@H](CCSC)NC(=O)CN(Cc1cccc2ccccc12)C[C@@H]1CCCN1C[C@@H](NC(=O)OC(C)(C)C)C(S)C(c1ccccc1)(c1ccccc1)c1ccccc1. The third-order valence-corrected chi connectivity index (χ3v) is 13.1. The van der Waals surface area contributed by atoms with E-state index < -0.39 is 40.4 Å². The van der Waals surface area contributed by atoms with Crippen LogP contribution in [0, 0.1) is 0 Å². The zero-order chi connectivity index (χ0) is 44.1. The molecule has 2 N–H and O–H groups in total. The Kier molecular flexibility index (Phi) is 16.6. The summed E-state index contributed by atoms with van der Waals surface area (Å²) in [5, 5.41) is 8.12. The van der Waals surface area contributed by atoms with E-state index in [4.69, 9.17) is 22.1 Å². The molecule has 0 aliphatic carbocycles. The summed E-state index contributed by atoms with van der Waals surface area (Å²) in [6.45, 7) is 8.11. The van der Waals surface area contributed by atoms with Crippen LogP contribution >= 0.6 is 24.4 Å². The van der Waals surface area contributed by atoms with Crippen LogP contribution in [0.15, 0.2) is 133 Å². The number of benzene rings is 5. The minimum Gasteiger partial charge on any atom is -0.467 e. The summed E-state index contributed by atoms with van der Waals surface area (Å²) in [5.41, 5.74) is 2.79. The summed E-state index contributed by atoms with van der Waals surface area (Å²) >= 11 is 7.24. The molecule has 1 saturated heterocycles. The maximum atomic E-state index is 13.9. The van der Waals surface area contributed by atoms with Crippen molar-refractivity contribution in [2.24, 2.45) is 0 Å². The fraction of sp³-hybridized carbons (Fsp3) is 0.392. The molecule has 1 unspecified atom stereocenters. The number of likely N-dealkylation sites (tertiary alicyclic amines) is 1. The van der Waals surface area contributed by atoms with Crippen LogP contribution in [-0.2, 0) is 31.0 Å². The number of ether oxygens (including phenoxy) is 2. The molecule has 328 valence electrons. The van der Waals surface area contributed by atoms with E-state index in [9.17, 15) is 14.4 Å². The standard InChI is InChI=1S/C51H62N4O5S2/c1-50(2,3)60-49(58)53-45(47(61)51(39-22-9-6-10-23-39,40-24-11-7-12-25-40)41-26-13-8-14-27-41)35-55-31-18-28-42(55)34-54(33-38-21-17-20-37-19-15-16-29-43(37)38)36-46(56)52-44(30-32-62-5)48(57)59-4/h6-17,19-27,29,42,44-45,47,61H,18,28,30-36H2,1-5H3,(H,52,56)(H,53,58)/t42-,44-,45+,47?/m0/s1. The fourth-order valence-corrected chi connectivity index (χ4v) is 10.0. The molecule has 0 saturated carbocycles. The van der Waals surface area contributed by atoms with Gasteiger partial charge in [0.25, 0.3) is 0 Å². The van der Waals surface area contributed by atoms with E-state index >= 15 is 0 Å². The normalized spacial score (nSPS) is 16.1. The molecule has 9 nitrogen and oxygen atoms in total. The fourth-order valence-electron chi connectivity index (χ4n) is 8.92. The molecule has 6 rings (SSSR count). The molecule has 4 atom stereocenters. The lowest BCUT2D eigenvalue weighted by Crippen LogP contribution is -2.58. The summed E-state index contributed by atoms with van der Waals surface area (Å²) in [6, 6.07) is 44.7. The van der Waals surface area contributed by atoms with E-state index in [1.165, 1.54) is 7.11 Å². The van der Waals surface area contributed by atoms with Crippen LogP contribution < -0.4 is 10.6 Å². The van der Waals surface area contributed by atoms with Crippen LogP contribution in [0.3, 0.4) is 0 Å². The van der Waals surface area contributed by atoms with Crippen molar-refractivity contribution >= 4 is 53.1 Å². The van der Waals surface area contributed by atoms with E-state index in [1.54, 1.807) is 11.8 Å². The smallest absolute Gasteiger partial charge is 0.407 e. The van der Waals surface area contributed by atoms with Gasteiger partial charge >= 0.3 is 12.1 Å². The average molecular weight is 875 g/mol. The minimum absolute atomic E-state index is 0.0497. The van der Waals surface area contributed by atoms with Crippen LogP contribution in [0.1, 0.15) is 62.3 Å². The summed E-state index contributed by atoms with van der Waals surface area (Å²) in [7, 11) is 1.35. The number of rotatable bonds is 19. The maximum absolute atomic E-state index is 13.9. The summed E-state index contributed by atoms with van der Waals surface area (Å²) in [5.74, 6) is 0.0311. The third kappa shape index (κ3) is 11.8. The van der Waals surface area contributed by atoms with Crippen LogP contribution in [-0.4, -0.2) is 102 Å². The maximum Gasteiger partial charge on any atom is 0.407 e. The molecule has 62 heavy (non-hydrogen) atoms. The molecular formula is C51H62N4O5S2. The number of carbonyl (C=O) groups excluding carboxylic acids is 3. The van der Waals surface area contributed by atoms with E-state index in [2.05, 4.69) is 124 Å². The van der Waals surface area contributed by atoms with Crippen molar-refractivity contribution in [3.05, 3.63) is 156 Å². The van der Waals surface area contributed by atoms with Gasteiger partial charge in [0.05, 0.1) is 25.1 Å². The van der Waals surface area contributed by atoms with E-state index in [-0.39, 0.29) is 18.5 Å². The van der Waals surface area contributed by atoms with Gasteiger partial charge in [0, 0.05) is 30.9 Å². The monoisotopic (exact) mass is 874 g/mol. The molecule has 0 aromatic heterocycles. The second kappa shape index (κ2) is 22.0. The van der Waals surface area contributed by atoms with E-state index in [0.717, 1.165) is 52.4 Å². The summed E-state index contributed by atoms with van der Waals surface area (Å²) in [6.07, 6.45) is 3.81. The molecule has 0 bridgehead atoms. The molecule has 1 aliphatic heterocycles. The lowest BCUT2D eigenvalue weighted by Gasteiger charge is -2.45. The highest BCUT2D eigenvalue weighted by Crippen LogP contribution is 2.46. The van der Waals surface area contributed by atoms with Crippen LogP contribution in [0.4, 0.5) is 4.79 Å². The van der Waals surface area contributed by atoms with Crippen molar-refractivity contribution in [1.29, 1.82) is 0 Å². The number of methoxy groups -OCH3 is 1. The molecule has 2 amide bonds. The Balaban J connectivity index is 1.36. The highest BCUT2D eigenvalue weighted by Gasteiger charge is 2.47. The first-order valence-corrected chi connectivity index (χ1v) is 23.5. The predicted octanol–water partition coefficient (Wildman–Crippen LogP) is 8.74. The highest BCUT2D eigenvalue weighted by atomic mass is 32.2. The van der Waals surface area contributed by atoms with Crippen molar-refractivity contribution in [2.45, 2.75) is 81.0 Å². The van der Waals surface area contributed by atoms with Crippen molar-refractivity contribution in [2.75, 3.05) is 45.3 Å². The van der Waals surface area contributed by atoms with Gasteiger partial charge in [-0.3, -0.25) is 14.6 Å². The van der Waals surface area contributed by atoms with E-state index in [0.29, 0.717) is 31.8 Å². The zero-order valence-corrected chi connectivity index (χ0v) is 38.4. The number of esters is 1. The van der Waals surface area contributed by atoms with Gasteiger partial charge in [-0.15, -0.1) is 0 Å². The number of carbonyl (C=O) groups is 3. The molecule has 1 heterocycles. The van der Waals surface area contributed by atoms with Crippen molar-refractivity contribution < 1.29 is 23.9 Å². The van der Waals surface area contributed by atoms with Gasteiger partial charge in [-0.25, -0.2) is 9.59 Å². The first-order chi connectivity index (χ1) is 29.9. The third-order valence-electron chi connectivity index (χ3n) is 11.7. The highest BCUT2D eigenvalue weighted by molar-refractivity contribution is 7.98. The Hall–Kier alpha value is -4.81. The van der Waals surface area contributed by atoms with Gasteiger partial charge in [0.15, 0.2) is 0 Å². The number of hydrogen-bond donors (Lipinski definition) is 3. The molecule has 1 aliphatic rings. The molecule has 1 fully saturated rings. The van der Waals surface area contributed by atoms with Gasteiger partial charge in [-0.2, -0.15) is 24.4 Å². The van der Waals surface area contributed by atoms with Gasteiger partial charge < -0.3 is 20.1 Å². The Morgan fingerprint density at radius 1 is 0.823 bits per heavy atom. The number of thioether (sulfide) groups is 1. The second-order valence-corrected chi connectivity index (χ2v) is 18.7. The lowest BCUT2D eigenvalue weighted by molar-refractivity contribution is -0.145. The predicted molar refractivity (Wildman–Crippen MR) is 256 cm³/mol. The Bertz CT molecular complexity index is 2100. The Labute approximate surface area is 377 Å². The van der Waals surface area contributed by atoms with Crippen molar-refractivity contribution in [1.82, 2.24) is 20.4 Å². The first-order valence-electron chi connectivity index (χ1n) is 21.6. The molecule has 11 heteroatoms. The molecule has 5 aromatic carbocycles. The molecule has 0 spiro atoms. The zero-order valence-electron chi connectivity index (χ0n) is 36.7. The van der Waals surface area contributed by atoms with Crippen molar-refractivity contribution in [3.63, 3.8) is 0 Å². The Morgan fingerprint density at radius 3 is 1.98 bits per heavy atom. The largest absolute Gasteiger partial charge is 0.467 e. The van der Waals surface area contributed by atoms with E-state index in [1.807, 2.05) is 57.4 Å². The number of alkyl carbamates (subject to hydrolysis) is 1. The second-order valence-electron chi connectivity index (χ2n) is 17.1. The van der Waals surface area contributed by atoms with Gasteiger partial charge in [0.1, 0.15) is 11.6 Å². The Morgan fingerprint density at radius 2 is 1.40 bits per heavy atom. The first kappa shape index (κ1) is 46.7. The van der Waals surface area contributed by atoms with Crippen LogP contribution in [0.25, 0.3) is 10.8 Å². The lowest BCUT2D eigenvalue weighted by atomic mass is 9.65. The molecule has 5 aromatic rings. The number of amides is 2. The quantitative estimate of drug-likeness (QED) is 0.0431. The minimum atomic E-state index is -0.785. The number of nitrogens with one attached hydrogen (secondary N) is 2. The van der Waals surface area contributed by atoms with Crippen LogP contribution in [0.5, 0.6) is 0 Å². The topological polar surface area (TPSA) is 100 Å². The number of thiol groups is 1. The number of hydrogen-bond acceptors (Lipinski definition) is 9. The number of nitrogens with zero attached hydrogens (tertiary/aromatic N) is 2. The van der Waals surface area contributed by atoms with Gasteiger partial charge in [-0.1, -0.05) is 133 Å². The number of fused-ring (bicyclic) bond motifs is 1. The molecular weight excluding hydrogens is 813 g/mol. The van der Waals surface area contributed by atoms with Gasteiger partial charge in [-0.05, 0) is 91.6 Å². The average Bonchev–Trinajstić information content (AvgIpc) is 3.71.